The second kappa shape index (κ2) is 5.78. The van der Waals surface area contributed by atoms with E-state index in [4.69, 9.17) is 4.74 Å². The summed E-state index contributed by atoms with van der Waals surface area (Å²) in [4.78, 5) is 12.1. The lowest BCUT2D eigenvalue weighted by atomic mass is 9.77. The summed E-state index contributed by atoms with van der Waals surface area (Å²) < 4.78 is 5.91. The Hall–Kier alpha value is -0.790. The molecule has 21 heavy (non-hydrogen) atoms. The minimum atomic E-state index is 0.0438. The van der Waals surface area contributed by atoms with E-state index in [1.54, 1.807) is 5.57 Å². The predicted octanol–water partition coefficient (Wildman–Crippen LogP) is 4.88. The van der Waals surface area contributed by atoms with Crippen LogP contribution in [0.4, 0.5) is 0 Å². The molecule has 0 N–H and O–H groups in total. The van der Waals surface area contributed by atoms with Crippen LogP contribution in [-0.4, -0.2) is 12.1 Å². The molecule has 0 saturated heterocycles. The van der Waals surface area contributed by atoms with Gasteiger partial charge in [0.15, 0.2) is 0 Å². The highest BCUT2D eigenvalue weighted by Crippen LogP contribution is 2.63. The number of carbonyl (C=O) groups excluding carboxylic acids is 1. The summed E-state index contributed by atoms with van der Waals surface area (Å²) in [5, 5.41) is 0. The number of unbranched alkanes of at least 4 members (excludes halogenated alkanes) is 2. The van der Waals surface area contributed by atoms with Crippen molar-refractivity contribution in [3.63, 3.8) is 0 Å². The molecule has 4 atom stereocenters. The Morgan fingerprint density at radius 1 is 1.29 bits per heavy atom. The van der Waals surface area contributed by atoms with Crippen molar-refractivity contribution in [1.82, 2.24) is 0 Å². The predicted molar refractivity (Wildman–Crippen MR) is 84.8 cm³/mol. The maximum absolute atomic E-state index is 12.1. The second-order valence-electron chi connectivity index (χ2n) is 7.81. The first-order chi connectivity index (χ1) is 10.1. The van der Waals surface area contributed by atoms with Crippen LogP contribution in [-0.2, 0) is 9.53 Å². The third-order valence-corrected chi connectivity index (χ3v) is 6.30. The monoisotopic (exact) mass is 290 g/mol. The summed E-state index contributed by atoms with van der Waals surface area (Å²) in [5.74, 6) is 2.06. The van der Waals surface area contributed by atoms with Gasteiger partial charge in [-0.25, -0.2) is 0 Å². The Labute approximate surface area is 129 Å². The van der Waals surface area contributed by atoms with Crippen molar-refractivity contribution in [2.24, 2.45) is 23.2 Å². The van der Waals surface area contributed by atoms with Gasteiger partial charge in [0.1, 0.15) is 6.10 Å². The minimum absolute atomic E-state index is 0.0438. The van der Waals surface area contributed by atoms with Gasteiger partial charge in [-0.15, -0.1) is 0 Å². The van der Waals surface area contributed by atoms with Crippen LogP contribution < -0.4 is 0 Å². The highest BCUT2D eigenvalue weighted by molar-refractivity contribution is 5.69. The zero-order valence-electron chi connectivity index (χ0n) is 13.9. The molecule has 0 spiro atoms. The molecule has 0 unspecified atom stereocenters. The minimum Gasteiger partial charge on any atom is -0.462 e. The maximum Gasteiger partial charge on any atom is 0.306 e. The molecule has 2 heteroatoms. The number of carbonyl (C=O) groups is 1. The van der Waals surface area contributed by atoms with Crippen LogP contribution in [0.2, 0.25) is 0 Å². The van der Waals surface area contributed by atoms with E-state index in [1.807, 2.05) is 0 Å². The maximum atomic E-state index is 12.1. The number of rotatable bonds is 5. The van der Waals surface area contributed by atoms with Gasteiger partial charge in [-0.2, -0.15) is 0 Å². The summed E-state index contributed by atoms with van der Waals surface area (Å²) in [6.45, 7) is 6.99. The molecule has 0 aromatic heterocycles. The van der Waals surface area contributed by atoms with Gasteiger partial charge in [0, 0.05) is 12.3 Å². The van der Waals surface area contributed by atoms with E-state index >= 15 is 0 Å². The van der Waals surface area contributed by atoms with Crippen molar-refractivity contribution in [2.75, 3.05) is 0 Å². The number of hydrogen-bond acceptors (Lipinski definition) is 2. The molecule has 0 radical (unpaired) electrons. The quantitative estimate of drug-likeness (QED) is 0.410. The van der Waals surface area contributed by atoms with Gasteiger partial charge in [-0.3, -0.25) is 4.79 Å². The zero-order chi connectivity index (χ0) is 15.0. The molecule has 118 valence electrons. The summed E-state index contributed by atoms with van der Waals surface area (Å²) in [6.07, 6.45) is 11.4. The number of allylic oxidation sites excluding steroid dienone is 2. The van der Waals surface area contributed by atoms with Gasteiger partial charge >= 0.3 is 5.97 Å². The molecule has 3 aliphatic carbocycles. The highest BCUT2D eigenvalue weighted by atomic mass is 16.5. The summed E-state index contributed by atoms with van der Waals surface area (Å²) >= 11 is 0. The van der Waals surface area contributed by atoms with E-state index in [1.165, 1.54) is 19.3 Å². The first kappa shape index (κ1) is 15.1. The van der Waals surface area contributed by atoms with Crippen LogP contribution in [0.15, 0.2) is 11.6 Å². The summed E-state index contributed by atoms with van der Waals surface area (Å²) in [6, 6.07) is 0. The molecule has 0 aromatic carbocycles. The summed E-state index contributed by atoms with van der Waals surface area (Å²) in [5.41, 5.74) is 2.00. The van der Waals surface area contributed by atoms with E-state index in [2.05, 4.69) is 26.8 Å². The zero-order valence-corrected chi connectivity index (χ0v) is 13.9. The second-order valence-corrected chi connectivity index (χ2v) is 7.81. The fraction of sp³-hybridized carbons (Fsp3) is 0.842. The van der Waals surface area contributed by atoms with Crippen molar-refractivity contribution in [3.8, 4) is 0 Å². The van der Waals surface area contributed by atoms with E-state index < -0.39 is 0 Å². The standard InChI is InChI=1S/C19H30O2/c1-4-5-6-10-17(20)21-16-12-11-15-18(16)13-8-7-9-14(13)19(15,2)3/h9,13,15-16,18H,4-8,10-12H2,1-3H3/t13-,15-,16+,18-/m1/s1. The van der Waals surface area contributed by atoms with Gasteiger partial charge in [0.2, 0.25) is 0 Å². The van der Waals surface area contributed by atoms with Crippen molar-refractivity contribution in [3.05, 3.63) is 11.6 Å². The molecule has 2 nitrogen and oxygen atoms in total. The molecule has 2 saturated carbocycles. The van der Waals surface area contributed by atoms with Gasteiger partial charge in [-0.05, 0) is 49.4 Å². The van der Waals surface area contributed by atoms with E-state index in [9.17, 15) is 4.79 Å². The summed E-state index contributed by atoms with van der Waals surface area (Å²) in [7, 11) is 0. The Morgan fingerprint density at radius 3 is 2.86 bits per heavy atom. The molecule has 0 aliphatic heterocycles. The average molecular weight is 290 g/mol. The van der Waals surface area contributed by atoms with Crippen molar-refractivity contribution in [1.29, 1.82) is 0 Å². The van der Waals surface area contributed by atoms with Crippen LogP contribution in [0.5, 0.6) is 0 Å². The molecule has 0 heterocycles. The molecule has 0 bridgehead atoms. The van der Waals surface area contributed by atoms with Crippen LogP contribution in [0.25, 0.3) is 0 Å². The molecular formula is C19H30O2. The highest BCUT2D eigenvalue weighted by Gasteiger charge is 2.58. The van der Waals surface area contributed by atoms with Crippen LogP contribution in [0.1, 0.15) is 72.1 Å². The van der Waals surface area contributed by atoms with Gasteiger partial charge in [0.05, 0.1) is 0 Å². The molecular weight excluding hydrogens is 260 g/mol. The molecule has 0 aromatic rings. The number of fused-ring (bicyclic) bond motifs is 3. The Kier molecular flexibility index (Phi) is 4.16. The lowest BCUT2D eigenvalue weighted by Crippen LogP contribution is -2.28. The topological polar surface area (TPSA) is 26.3 Å². The largest absolute Gasteiger partial charge is 0.462 e. The number of hydrogen-bond donors (Lipinski definition) is 0. The molecule has 2 fully saturated rings. The number of ether oxygens (including phenoxy) is 1. The van der Waals surface area contributed by atoms with Crippen molar-refractivity contribution >= 4 is 5.97 Å². The lowest BCUT2D eigenvalue weighted by molar-refractivity contribution is -0.151. The first-order valence-corrected chi connectivity index (χ1v) is 8.95. The number of esters is 1. The van der Waals surface area contributed by atoms with Crippen molar-refractivity contribution in [2.45, 2.75) is 78.2 Å². The molecule has 0 amide bonds. The van der Waals surface area contributed by atoms with Gasteiger partial charge in [0.25, 0.3) is 0 Å². The Balaban J connectivity index is 1.64. The lowest BCUT2D eigenvalue weighted by Gasteiger charge is -2.28. The third kappa shape index (κ3) is 2.55. The van der Waals surface area contributed by atoms with Crippen LogP contribution in [0.3, 0.4) is 0 Å². The van der Waals surface area contributed by atoms with E-state index in [-0.39, 0.29) is 12.1 Å². The van der Waals surface area contributed by atoms with E-state index in [0.29, 0.717) is 23.7 Å². The average Bonchev–Trinajstić information content (AvgIpc) is 3.08. The normalized spacial score (nSPS) is 36.2. The van der Waals surface area contributed by atoms with Crippen LogP contribution in [0, 0.1) is 23.2 Å². The molecule has 3 rings (SSSR count). The smallest absolute Gasteiger partial charge is 0.306 e. The fourth-order valence-corrected chi connectivity index (χ4v) is 5.33. The fourth-order valence-electron chi connectivity index (χ4n) is 5.33. The van der Waals surface area contributed by atoms with Crippen LogP contribution >= 0.6 is 0 Å². The van der Waals surface area contributed by atoms with E-state index in [0.717, 1.165) is 31.6 Å². The Bertz CT molecular complexity index is 435. The SMILES string of the molecule is CCCCCC(=O)O[C@H]1CC[C@@H]2[C@H]1[C@@H]1CCC=C1C2(C)C. The van der Waals surface area contributed by atoms with Gasteiger partial charge in [-0.1, -0.05) is 45.3 Å². The molecule has 3 aliphatic rings. The first-order valence-electron chi connectivity index (χ1n) is 8.95. The van der Waals surface area contributed by atoms with Crippen molar-refractivity contribution < 1.29 is 9.53 Å². The Morgan fingerprint density at radius 2 is 2.10 bits per heavy atom. The van der Waals surface area contributed by atoms with Gasteiger partial charge < -0.3 is 4.74 Å². The third-order valence-electron chi connectivity index (χ3n) is 6.30.